The van der Waals surface area contributed by atoms with Gasteiger partial charge in [-0.2, -0.15) is 0 Å². The predicted molar refractivity (Wildman–Crippen MR) is 95.9 cm³/mol. The van der Waals surface area contributed by atoms with Crippen LogP contribution in [0, 0.1) is 23.1 Å². The Hall–Kier alpha value is -2.84. The Morgan fingerprint density at radius 2 is 2.07 bits per heavy atom. The van der Waals surface area contributed by atoms with Gasteiger partial charge in [-0.05, 0) is 35.4 Å². The summed E-state index contributed by atoms with van der Waals surface area (Å²) < 4.78 is 19.9. The van der Waals surface area contributed by atoms with E-state index < -0.39 is 12.2 Å². The van der Waals surface area contributed by atoms with E-state index in [1.807, 2.05) is 4.90 Å². The predicted octanol–water partition coefficient (Wildman–Crippen LogP) is 0.826. The van der Waals surface area contributed by atoms with E-state index in [9.17, 15) is 14.0 Å². The molecule has 27 heavy (non-hydrogen) atoms. The summed E-state index contributed by atoms with van der Waals surface area (Å²) in [5.74, 6) is 0.338. The summed E-state index contributed by atoms with van der Waals surface area (Å²) in [7, 11) is 0. The van der Waals surface area contributed by atoms with E-state index in [1.165, 1.54) is 17.9 Å². The molecule has 1 aromatic rings. The number of nitrogens with one attached hydrogen (secondary N) is 2. The molecule has 144 valence electrons. The minimum atomic E-state index is -0.544. The van der Waals surface area contributed by atoms with E-state index in [0.717, 1.165) is 0 Å². The van der Waals surface area contributed by atoms with Crippen LogP contribution in [0.2, 0.25) is 0 Å². The number of guanidine groups is 1. The molecule has 3 aliphatic rings. The number of rotatable bonds is 4. The second kappa shape index (κ2) is 6.40. The van der Waals surface area contributed by atoms with E-state index in [0.29, 0.717) is 36.2 Å². The third kappa shape index (κ3) is 3.17. The first kappa shape index (κ1) is 17.6. The van der Waals surface area contributed by atoms with Crippen molar-refractivity contribution in [2.24, 2.45) is 17.6 Å². The zero-order valence-corrected chi connectivity index (χ0v) is 14.9. The number of anilines is 1. The fraction of sp³-hybridized carbons (Fsp3) is 0.500. The Morgan fingerprint density at radius 3 is 2.67 bits per heavy atom. The minimum absolute atomic E-state index is 0.0677. The minimum Gasteiger partial charge on any atom is -0.442 e. The number of benzene rings is 1. The van der Waals surface area contributed by atoms with Gasteiger partial charge in [0, 0.05) is 20.0 Å². The van der Waals surface area contributed by atoms with Crippen LogP contribution in [0.15, 0.2) is 18.2 Å². The molecule has 2 aliphatic heterocycles. The number of piperidine rings is 1. The zero-order chi connectivity index (χ0) is 19.3. The van der Waals surface area contributed by atoms with Crippen molar-refractivity contribution in [2.75, 3.05) is 31.1 Å². The van der Waals surface area contributed by atoms with Crippen LogP contribution in [0.4, 0.5) is 14.9 Å². The van der Waals surface area contributed by atoms with Crippen molar-refractivity contribution >= 4 is 23.6 Å². The monoisotopic (exact) mass is 375 g/mol. The first-order valence-corrected chi connectivity index (χ1v) is 8.96. The van der Waals surface area contributed by atoms with Crippen LogP contribution < -0.4 is 16.0 Å². The topological polar surface area (TPSA) is 112 Å². The van der Waals surface area contributed by atoms with Crippen LogP contribution in [0.25, 0.3) is 0 Å². The van der Waals surface area contributed by atoms with Crippen LogP contribution in [-0.4, -0.2) is 55.1 Å². The van der Waals surface area contributed by atoms with Crippen molar-refractivity contribution in [1.29, 1.82) is 5.41 Å². The van der Waals surface area contributed by atoms with Gasteiger partial charge in [-0.25, -0.2) is 9.18 Å². The smallest absolute Gasteiger partial charge is 0.414 e. The molecule has 2 saturated heterocycles. The molecule has 0 radical (unpaired) electrons. The molecule has 0 bridgehead atoms. The Bertz CT molecular complexity index is 804. The van der Waals surface area contributed by atoms with Crippen LogP contribution in [0.3, 0.4) is 0 Å². The van der Waals surface area contributed by atoms with Gasteiger partial charge in [0.1, 0.15) is 11.9 Å². The number of likely N-dealkylation sites (tertiary alicyclic amines) is 1. The van der Waals surface area contributed by atoms with Gasteiger partial charge in [-0.3, -0.25) is 15.1 Å². The maximum atomic E-state index is 14.7. The van der Waals surface area contributed by atoms with Crippen molar-refractivity contribution < 1.29 is 18.7 Å². The Morgan fingerprint density at radius 1 is 1.37 bits per heavy atom. The first-order chi connectivity index (χ1) is 12.8. The summed E-state index contributed by atoms with van der Waals surface area (Å²) >= 11 is 0. The number of hydrogen-bond donors (Lipinski definition) is 3. The molecule has 1 unspecified atom stereocenters. The van der Waals surface area contributed by atoms with Crippen molar-refractivity contribution in [2.45, 2.75) is 18.9 Å². The highest BCUT2D eigenvalue weighted by molar-refractivity contribution is 5.89. The average Bonchev–Trinajstić information content (AvgIpc) is 2.95. The number of cyclic esters (lactones) is 1. The average molecular weight is 375 g/mol. The molecule has 0 spiro atoms. The highest BCUT2D eigenvalue weighted by atomic mass is 19.1. The number of amides is 2. The molecular formula is C18H22FN5O3. The maximum absolute atomic E-state index is 14.7. The van der Waals surface area contributed by atoms with Gasteiger partial charge in [-0.1, -0.05) is 6.07 Å². The van der Waals surface area contributed by atoms with Crippen LogP contribution in [0.5, 0.6) is 0 Å². The van der Waals surface area contributed by atoms with Crippen LogP contribution in [0.1, 0.15) is 18.4 Å². The van der Waals surface area contributed by atoms with Crippen molar-refractivity contribution in [3.8, 4) is 0 Å². The summed E-state index contributed by atoms with van der Waals surface area (Å²) in [5.41, 5.74) is 6.61. The highest BCUT2D eigenvalue weighted by Crippen LogP contribution is 2.58. The molecular weight excluding hydrogens is 353 g/mol. The molecule has 1 aromatic carbocycles. The molecule has 8 nitrogen and oxygen atoms in total. The fourth-order valence-electron chi connectivity index (χ4n) is 4.23. The molecule has 4 atom stereocenters. The van der Waals surface area contributed by atoms with Crippen molar-refractivity contribution in [3.05, 3.63) is 29.6 Å². The number of nitrogens with two attached hydrogens (primary N) is 1. The van der Waals surface area contributed by atoms with Crippen LogP contribution in [-0.2, 0) is 9.53 Å². The number of halogens is 1. The molecule has 2 amide bonds. The molecule has 1 aliphatic carbocycles. The van der Waals surface area contributed by atoms with Gasteiger partial charge in [-0.15, -0.1) is 0 Å². The number of carbonyl (C=O) groups excluding carboxylic acids is 2. The van der Waals surface area contributed by atoms with E-state index in [2.05, 4.69) is 5.32 Å². The SMILES string of the molecule is CC(=O)NC[C@H]1CN(c2ccc(C3[C@H]4CN(C(=N)N)C[C@@H]34)c(F)c2)C(=O)O1. The number of ether oxygens (including phenoxy) is 1. The molecule has 2 heterocycles. The lowest BCUT2D eigenvalue weighted by Gasteiger charge is -2.20. The standard InChI is InChI=1S/C18H22FN5O3/c1-9(25)22-5-11-6-24(18(26)27-11)10-2-3-12(15(19)4-10)16-13-7-23(17(20)21)8-14(13)16/h2-4,11,13-14,16H,5-8H2,1H3,(H3,20,21)(H,22,25)/t11-,13-,14+,16?/m0/s1. The molecule has 3 fully saturated rings. The Labute approximate surface area is 155 Å². The number of hydrogen-bond acceptors (Lipinski definition) is 4. The summed E-state index contributed by atoms with van der Waals surface area (Å²) in [6, 6.07) is 4.84. The third-order valence-electron chi connectivity index (χ3n) is 5.64. The Kier molecular flexibility index (Phi) is 4.16. The lowest BCUT2D eigenvalue weighted by molar-refractivity contribution is -0.119. The summed E-state index contributed by atoms with van der Waals surface area (Å²) in [6.07, 6.45) is -0.998. The van der Waals surface area contributed by atoms with Gasteiger partial charge in [0.2, 0.25) is 5.91 Å². The second-order valence-electron chi connectivity index (χ2n) is 7.40. The van der Waals surface area contributed by atoms with E-state index >= 15 is 0 Å². The summed E-state index contributed by atoms with van der Waals surface area (Å²) in [5, 5.41) is 10.1. The largest absolute Gasteiger partial charge is 0.442 e. The fourth-order valence-corrected chi connectivity index (χ4v) is 4.23. The molecule has 0 aromatic heterocycles. The lowest BCUT2D eigenvalue weighted by Crippen LogP contribution is -2.36. The normalized spacial score (nSPS) is 28.7. The Balaban J connectivity index is 1.42. The maximum Gasteiger partial charge on any atom is 0.414 e. The molecule has 4 N–H and O–H groups in total. The molecule has 9 heteroatoms. The summed E-state index contributed by atoms with van der Waals surface area (Å²) in [4.78, 5) is 26.2. The van der Waals surface area contributed by atoms with Gasteiger partial charge in [0.05, 0.1) is 18.8 Å². The number of nitrogens with zero attached hydrogens (tertiary/aromatic N) is 2. The zero-order valence-electron chi connectivity index (χ0n) is 14.9. The van der Waals surface area contributed by atoms with Crippen LogP contribution >= 0.6 is 0 Å². The first-order valence-electron chi connectivity index (χ1n) is 8.96. The van der Waals surface area contributed by atoms with Crippen molar-refractivity contribution in [1.82, 2.24) is 10.2 Å². The van der Waals surface area contributed by atoms with Gasteiger partial charge in [0.25, 0.3) is 0 Å². The number of carbonyl (C=O) groups is 2. The van der Waals surface area contributed by atoms with Crippen molar-refractivity contribution in [3.63, 3.8) is 0 Å². The summed E-state index contributed by atoms with van der Waals surface area (Å²) in [6.45, 7) is 3.27. The third-order valence-corrected chi connectivity index (χ3v) is 5.64. The number of fused-ring (bicyclic) bond motifs is 1. The molecule has 1 saturated carbocycles. The lowest BCUT2D eigenvalue weighted by atomic mass is 10.1. The van der Waals surface area contributed by atoms with E-state index in [-0.39, 0.29) is 36.7 Å². The quantitative estimate of drug-likeness (QED) is 0.533. The van der Waals surface area contributed by atoms with Gasteiger partial charge < -0.3 is 20.7 Å². The van der Waals surface area contributed by atoms with E-state index in [4.69, 9.17) is 15.9 Å². The molecule has 4 rings (SSSR count). The highest BCUT2D eigenvalue weighted by Gasteiger charge is 2.57. The van der Waals surface area contributed by atoms with Gasteiger partial charge >= 0.3 is 6.09 Å². The second-order valence-corrected chi connectivity index (χ2v) is 7.40. The van der Waals surface area contributed by atoms with E-state index in [1.54, 1.807) is 12.1 Å². The van der Waals surface area contributed by atoms with Gasteiger partial charge in [0.15, 0.2) is 5.96 Å².